The molecule has 1 heterocycles. The van der Waals surface area contributed by atoms with Crippen LogP contribution in [0.4, 0.5) is 10.5 Å². The minimum atomic E-state index is -0.249. The molecule has 0 unspecified atom stereocenters. The number of nitrogens with zero attached hydrogens (tertiary/aromatic N) is 1. The summed E-state index contributed by atoms with van der Waals surface area (Å²) in [5, 5.41) is 6.73. The second kappa shape index (κ2) is 10.2. The predicted molar refractivity (Wildman–Crippen MR) is 101 cm³/mol. The fourth-order valence-electron chi connectivity index (χ4n) is 2.86. The Labute approximate surface area is 159 Å². The van der Waals surface area contributed by atoms with Gasteiger partial charge in [0.15, 0.2) is 0 Å². The van der Waals surface area contributed by atoms with E-state index in [9.17, 15) is 9.59 Å². The second-order valence-corrected chi connectivity index (χ2v) is 6.49. The summed E-state index contributed by atoms with van der Waals surface area (Å²) in [5.74, 6) is 0.462. The molecule has 1 aromatic carbocycles. The van der Waals surface area contributed by atoms with E-state index in [-0.39, 0.29) is 12.0 Å². The van der Waals surface area contributed by atoms with E-state index in [2.05, 4.69) is 10.6 Å². The smallest absolute Gasteiger partial charge is 0.409 e. The molecule has 0 aromatic heterocycles. The predicted octanol–water partition coefficient (Wildman–Crippen LogP) is 2.89. The Morgan fingerprint density at radius 2 is 2.04 bits per heavy atom. The summed E-state index contributed by atoms with van der Waals surface area (Å²) in [4.78, 5) is 25.5. The molecule has 0 atom stereocenters. The molecule has 2 N–H and O–H groups in total. The van der Waals surface area contributed by atoms with Crippen molar-refractivity contribution in [2.45, 2.75) is 32.2 Å². The molecule has 7 nitrogen and oxygen atoms in total. The molecule has 1 aliphatic heterocycles. The van der Waals surface area contributed by atoms with Gasteiger partial charge < -0.3 is 25.0 Å². The van der Waals surface area contributed by atoms with E-state index in [1.54, 1.807) is 37.1 Å². The number of rotatable bonds is 7. The maximum Gasteiger partial charge on any atom is 0.409 e. The number of carbonyl (C=O) groups excluding carboxylic acids is 2. The molecule has 1 fully saturated rings. The Kier molecular flexibility index (Phi) is 8.00. The minimum Gasteiger partial charge on any atom is -0.495 e. The van der Waals surface area contributed by atoms with Gasteiger partial charge in [0.05, 0.1) is 19.4 Å². The number of anilines is 1. The van der Waals surface area contributed by atoms with Crippen molar-refractivity contribution in [3.63, 3.8) is 0 Å². The van der Waals surface area contributed by atoms with Crippen molar-refractivity contribution in [1.29, 1.82) is 0 Å². The first-order chi connectivity index (χ1) is 12.5. The zero-order valence-electron chi connectivity index (χ0n) is 15.2. The first-order valence-corrected chi connectivity index (χ1v) is 9.19. The van der Waals surface area contributed by atoms with Crippen molar-refractivity contribution >= 4 is 29.3 Å². The Morgan fingerprint density at radius 3 is 2.69 bits per heavy atom. The van der Waals surface area contributed by atoms with E-state index in [1.165, 1.54) is 0 Å². The standard InChI is InChI=1S/C18H26ClN3O4/c1-3-26-18(24)22-10-7-14(8-11-22)20-9-6-17(23)21-15-12-13(19)4-5-16(15)25-2/h4-5,12,14,20H,3,6-11H2,1-2H3,(H,21,23). The SMILES string of the molecule is CCOC(=O)N1CCC(NCCC(=O)Nc2cc(Cl)ccc2OC)CC1. The largest absolute Gasteiger partial charge is 0.495 e. The zero-order chi connectivity index (χ0) is 18.9. The zero-order valence-corrected chi connectivity index (χ0v) is 16.0. The number of amides is 2. The van der Waals surface area contributed by atoms with Crippen LogP contribution in [0.1, 0.15) is 26.2 Å². The van der Waals surface area contributed by atoms with Crippen LogP contribution in [0.3, 0.4) is 0 Å². The van der Waals surface area contributed by atoms with Crippen molar-refractivity contribution in [3.8, 4) is 5.75 Å². The number of carbonyl (C=O) groups is 2. The van der Waals surface area contributed by atoms with Gasteiger partial charge in [-0.15, -0.1) is 0 Å². The molecule has 144 valence electrons. The van der Waals surface area contributed by atoms with E-state index < -0.39 is 0 Å². The van der Waals surface area contributed by atoms with E-state index in [1.807, 2.05) is 0 Å². The van der Waals surface area contributed by atoms with Crippen molar-refractivity contribution in [2.75, 3.05) is 38.7 Å². The number of piperidine rings is 1. The highest BCUT2D eigenvalue weighted by Crippen LogP contribution is 2.27. The lowest BCUT2D eigenvalue weighted by atomic mass is 10.1. The number of ether oxygens (including phenoxy) is 2. The van der Waals surface area contributed by atoms with Crippen LogP contribution < -0.4 is 15.4 Å². The van der Waals surface area contributed by atoms with Crippen LogP contribution in [0.25, 0.3) is 0 Å². The molecule has 1 aromatic rings. The number of hydrogen-bond acceptors (Lipinski definition) is 5. The Morgan fingerprint density at radius 1 is 1.31 bits per heavy atom. The molecule has 2 amide bonds. The van der Waals surface area contributed by atoms with Crippen LogP contribution in [0.2, 0.25) is 5.02 Å². The first kappa shape index (κ1) is 20.3. The second-order valence-electron chi connectivity index (χ2n) is 6.06. The van der Waals surface area contributed by atoms with Gasteiger partial charge in [-0.05, 0) is 38.0 Å². The fraction of sp³-hybridized carbons (Fsp3) is 0.556. The lowest BCUT2D eigenvalue weighted by Crippen LogP contribution is -2.45. The van der Waals surface area contributed by atoms with Gasteiger partial charge in [-0.2, -0.15) is 0 Å². The van der Waals surface area contributed by atoms with Crippen LogP contribution in [-0.4, -0.2) is 56.3 Å². The quantitative estimate of drug-likeness (QED) is 0.756. The van der Waals surface area contributed by atoms with Crippen molar-refractivity contribution in [2.24, 2.45) is 0 Å². The van der Waals surface area contributed by atoms with Gasteiger partial charge in [0.25, 0.3) is 0 Å². The number of likely N-dealkylation sites (tertiary alicyclic amines) is 1. The third kappa shape index (κ3) is 6.07. The molecule has 8 heteroatoms. The normalized spacial score (nSPS) is 14.8. The molecule has 1 aliphatic rings. The number of benzene rings is 1. The van der Waals surface area contributed by atoms with Crippen LogP contribution in [0.5, 0.6) is 5.75 Å². The van der Waals surface area contributed by atoms with Gasteiger partial charge in [-0.3, -0.25) is 4.79 Å². The number of hydrogen-bond donors (Lipinski definition) is 2. The highest BCUT2D eigenvalue weighted by Gasteiger charge is 2.23. The lowest BCUT2D eigenvalue weighted by Gasteiger charge is -2.31. The maximum atomic E-state index is 12.1. The highest BCUT2D eigenvalue weighted by atomic mass is 35.5. The average molecular weight is 384 g/mol. The van der Waals surface area contributed by atoms with Crippen molar-refractivity contribution in [1.82, 2.24) is 10.2 Å². The molecular weight excluding hydrogens is 358 g/mol. The molecule has 0 bridgehead atoms. The van der Waals surface area contributed by atoms with Gasteiger partial charge in [0.2, 0.25) is 5.91 Å². The Balaban J connectivity index is 1.70. The fourth-order valence-corrected chi connectivity index (χ4v) is 3.03. The third-order valence-electron chi connectivity index (χ3n) is 4.24. The molecule has 1 saturated heterocycles. The minimum absolute atomic E-state index is 0.109. The van der Waals surface area contributed by atoms with Gasteiger partial charge >= 0.3 is 6.09 Å². The van der Waals surface area contributed by atoms with Crippen molar-refractivity contribution in [3.05, 3.63) is 23.2 Å². The number of halogens is 1. The molecule has 26 heavy (non-hydrogen) atoms. The van der Waals surface area contributed by atoms with E-state index >= 15 is 0 Å². The van der Waals surface area contributed by atoms with Crippen molar-refractivity contribution < 1.29 is 19.1 Å². The van der Waals surface area contributed by atoms with E-state index in [4.69, 9.17) is 21.1 Å². The molecule has 0 radical (unpaired) electrons. The Hall–Kier alpha value is -1.99. The average Bonchev–Trinajstić information content (AvgIpc) is 2.62. The van der Waals surface area contributed by atoms with Crippen LogP contribution in [0.15, 0.2) is 18.2 Å². The van der Waals surface area contributed by atoms with Gasteiger partial charge in [-0.1, -0.05) is 11.6 Å². The molecular formula is C18H26ClN3O4. The summed E-state index contributed by atoms with van der Waals surface area (Å²) >= 11 is 5.96. The summed E-state index contributed by atoms with van der Waals surface area (Å²) in [6, 6.07) is 5.39. The third-order valence-corrected chi connectivity index (χ3v) is 4.48. The summed E-state index contributed by atoms with van der Waals surface area (Å²) in [7, 11) is 1.54. The summed E-state index contributed by atoms with van der Waals surface area (Å²) < 4.78 is 10.2. The monoisotopic (exact) mass is 383 g/mol. The number of nitrogens with one attached hydrogen (secondary N) is 2. The topological polar surface area (TPSA) is 79.9 Å². The Bertz CT molecular complexity index is 618. The molecule has 0 aliphatic carbocycles. The lowest BCUT2D eigenvalue weighted by molar-refractivity contribution is -0.116. The summed E-state index contributed by atoms with van der Waals surface area (Å²) in [6.45, 7) is 4.10. The van der Waals surface area contributed by atoms with Crippen LogP contribution >= 0.6 is 11.6 Å². The molecule has 2 rings (SSSR count). The van der Waals surface area contributed by atoms with Gasteiger partial charge in [0.1, 0.15) is 5.75 Å². The van der Waals surface area contributed by atoms with E-state index in [0.717, 1.165) is 12.8 Å². The van der Waals surface area contributed by atoms with Crippen LogP contribution in [0, 0.1) is 0 Å². The maximum absolute atomic E-state index is 12.1. The first-order valence-electron chi connectivity index (χ1n) is 8.82. The molecule has 0 saturated carbocycles. The van der Waals surface area contributed by atoms with Crippen LogP contribution in [-0.2, 0) is 9.53 Å². The van der Waals surface area contributed by atoms with E-state index in [0.29, 0.717) is 55.2 Å². The molecule has 0 spiro atoms. The van der Waals surface area contributed by atoms with Gasteiger partial charge in [0, 0.05) is 37.1 Å². The van der Waals surface area contributed by atoms with Gasteiger partial charge in [-0.25, -0.2) is 4.79 Å². The summed E-state index contributed by atoms with van der Waals surface area (Å²) in [6.07, 6.45) is 1.79. The summed E-state index contributed by atoms with van der Waals surface area (Å²) in [5.41, 5.74) is 0.563. The number of methoxy groups -OCH3 is 1. The highest BCUT2D eigenvalue weighted by molar-refractivity contribution is 6.31.